The number of carbonyl (C=O) groups excluding carboxylic acids is 2. The zero-order chi connectivity index (χ0) is 16.8. The third-order valence-electron chi connectivity index (χ3n) is 4.31. The monoisotopic (exact) mass is 380 g/mol. The first-order valence-corrected chi connectivity index (χ1v) is 9.14. The Bertz CT molecular complexity index is 554. The average molecular weight is 381 g/mol. The fraction of sp³-hybridized carbons (Fsp3) is 0.556. The normalized spacial score (nSPS) is 16.9. The largest absolute Gasteiger partial charge is 0.352 e. The summed E-state index contributed by atoms with van der Waals surface area (Å²) in [5.41, 5.74) is 0.545. The van der Waals surface area contributed by atoms with Gasteiger partial charge in [-0.1, -0.05) is 45.2 Å². The summed E-state index contributed by atoms with van der Waals surface area (Å²) in [5.74, 6) is -0.271. The lowest BCUT2D eigenvalue weighted by Gasteiger charge is -2.27. The van der Waals surface area contributed by atoms with E-state index >= 15 is 0 Å². The fourth-order valence-electron chi connectivity index (χ4n) is 2.94. The van der Waals surface area contributed by atoms with E-state index in [-0.39, 0.29) is 23.8 Å². The second-order valence-corrected chi connectivity index (χ2v) is 7.37. The van der Waals surface area contributed by atoms with Gasteiger partial charge in [0.15, 0.2) is 0 Å². The predicted octanol–water partition coefficient (Wildman–Crippen LogP) is 3.65. The average Bonchev–Trinajstić information content (AvgIpc) is 2.53. The molecule has 2 amide bonds. The predicted molar refractivity (Wildman–Crippen MR) is 95.2 cm³/mol. The molecule has 2 N–H and O–H groups in total. The molecule has 0 heterocycles. The van der Waals surface area contributed by atoms with Crippen LogP contribution in [0.2, 0.25) is 0 Å². The number of carbonyl (C=O) groups is 2. The highest BCUT2D eigenvalue weighted by molar-refractivity contribution is 9.10. The zero-order valence-corrected chi connectivity index (χ0v) is 15.4. The van der Waals surface area contributed by atoms with E-state index in [0.717, 1.165) is 17.3 Å². The van der Waals surface area contributed by atoms with Crippen LogP contribution in [0.15, 0.2) is 28.7 Å². The molecule has 0 aliphatic heterocycles. The molecule has 0 bridgehead atoms. The van der Waals surface area contributed by atoms with Crippen molar-refractivity contribution in [2.75, 3.05) is 0 Å². The molecule has 126 valence electrons. The van der Waals surface area contributed by atoms with Gasteiger partial charge < -0.3 is 10.6 Å². The van der Waals surface area contributed by atoms with Crippen molar-refractivity contribution in [2.45, 2.75) is 58.0 Å². The Balaban J connectivity index is 2.01. The second-order valence-electron chi connectivity index (χ2n) is 6.52. The summed E-state index contributed by atoms with van der Waals surface area (Å²) in [5, 5.41) is 5.99. The number of amides is 2. The first-order chi connectivity index (χ1) is 11.0. The summed E-state index contributed by atoms with van der Waals surface area (Å²) in [6, 6.07) is 6.97. The molecular formula is C18H25BrN2O2. The van der Waals surface area contributed by atoms with Crippen LogP contribution < -0.4 is 10.6 Å². The Kier molecular flexibility index (Phi) is 6.63. The molecule has 1 aliphatic carbocycles. The van der Waals surface area contributed by atoms with Crippen LogP contribution in [0.3, 0.4) is 0 Å². The van der Waals surface area contributed by atoms with Gasteiger partial charge in [0, 0.05) is 10.5 Å². The minimum absolute atomic E-state index is 0.0324. The van der Waals surface area contributed by atoms with Crippen LogP contribution in [0, 0.1) is 5.92 Å². The molecule has 1 aromatic rings. The van der Waals surface area contributed by atoms with Crippen molar-refractivity contribution in [1.29, 1.82) is 0 Å². The highest BCUT2D eigenvalue weighted by atomic mass is 79.9. The van der Waals surface area contributed by atoms with Crippen LogP contribution in [0.5, 0.6) is 0 Å². The molecule has 1 aromatic carbocycles. The lowest BCUT2D eigenvalue weighted by atomic mass is 9.94. The molecule has 4 nitrogen and oxygen atoms in total. The Labute approximate surface area is 146 Å². The minimum atomic E-state index is -0.517. The molecule has 0 radical (unpaired) electrons. The van der Waals surface area contributed by atoms with Gasteiger partial charge in [-0.15, -0.1) is 0 Å². The number of benzene rings is 1. The Hall–Kier alpha value is -1.36. The van der Waals surface area contributed by atoms with Gasteiger partial charge >= 0.3 is 0 Å². The highest BCUT2D eigenvalue weighted by Gasteiger charge is 2.27. The molecule has 2 rings (SSSR count). The number of rotatable bonds is 5. The summed E-state index contributed by atoms with van der Waals surface area (Å²) in [7, 11) is 0. The molecule has 0 aromatic heterocycles. The van der Waals surface area contributed by atoms with Crippen LogP contribution in [0.25, 0.3) is 0 Å². The summed E-state index contributed by atoms with van der Waals surface area (Å²) < 4.78 is 0.729. The molecule has 0 saturated heterocycles. The van der Waals surface area contributed by atoms with Gasteiger partial charge in [-0.2, -0.15) is 0 Å². The van der Waals surface area contributed by atoms with E-state index in [9.17, 15) is 9.59 Å². The van der Waals surface area contributed by atoms with Gasteiger partial charge in [-0.3, -0.25) is 9.59 Å². The summed E-state index contributed by atoms with van der Waals surface area (Å²) in [6.07, 6.45) is 5.66. The van der Waals surface area contributed by atoms with Crippen molar-refractivity contribution in [3.63, 3.8) is 0 Å². The molecule has 5 heteroatoms. The fourth-order valence-corrected chi connectivity index (χ4v) is 3.40. The topological polar surface area (TPSA) is 58.2 Å². The SMILES string of the molecule is CC(C)[C@@H](NC(=O)c1ccccc1Br)C(=O)NC1CCCCC1. The van der Waals surface area contributed by atoms with Gasteiger partial charge in [0.25, 0.3) is 5.91 Å². The molecule has 0 spiro atoms. The third kappa shape index (κ3) is 5.06. The highest BCUT2D eigenvalue weighted by Crippen LogP contribution is 2.19. The van der Waals surface area contributed by atoms with Crippen LogP contribution >= 0.6 is 15.9 Å². The molecule has 0 unspecified atom stereocenters. The molecule has 1 fully saturated rings. The Morgan fingerprint density at radius 1 is 1.13 bits per heavy atom. The molecule has 1 atom stereocenters. The zero-order valence-electron chi connectivity index (χ0n) is 13.8. The maximum absolute atomic E-state index is 12.6. The van der Waals surface area contributed by atoms with E-state index in [2.05, 4.69) is 26.6 Å². The summed E-state index contributed by atoms with van der Waals surface area (Å²) >= 11 is 3.38. The Morgan fingerprint density at radius 3 is 2.39 bits per heavy atom. The lowest BCUT2D eigenvalue weighted by Crippen LogP contribution is -2.52. The molecule has 23 heavy (non-hydrogen) atoms. The third-order valence-corrected chi connectivity index (χ3v) is 5.00. The van der Waals surface area contributed by atoms with Crippen molar-refractivity contribution in [1.82, 2.24) is 10.6 Å². The molecular weight excluding hydrogens is 356 g/mol. The van der Waals surface area contributed by atoms with Crippen LogP contribution in [-0.4, -0.2) is 23.9 Å². The lowest BCUT2D eigenvalue weighted by molar-refractivity contribution is -0.124. The summed E-state index contributed by atoms with van der Waals surface area (Å²) in [6.45, 7) is 3.90. The maximum Gasteiger partial charge on any atom is 0.253 e. The maximum atomic E-state index is 12.6. The minimum Gasteiger partial charge on any atom is -0.352 e. The van der Waals surface area contributed by atoms with E-state index in [1.807, 2.05) is 32.0 Å². The van der Waals surface area contributed by atoms with Gasteiger partial charge in [0.2, 0.25) is 5.91 Å². The van der Waals surface area contributed by atoms with E-state index in [1.54, 1.807) is 6.07 Å². The summed E-state index contributed by atoms with van der Waals surface area (Å²) in [4.78, 5) is 25.0. The van der Waals surface area contributed by atoms with Crippen molar-refractivity contribution in [2.24, 2.45) is 5.92 Å². The van der Waals surface area contributed by atoms with Crippen LogP contribution in [0.4, 0.5) is 0 Å². The smallest absolute Gasteiger partial charge is 0.253 e. The van der Waals surface area contributed by atoms with Crippen LogP contribution in [-0.2, 0) is 4.79 Å². The van der Waals surface area contributed by atoms with Gasteiger partial charge in [-0.25, -0.2) is 0 Å². The molecule has 1 saturated carbocycles. The number of hydrogen-bond acceptors (Lipinski definition) is 2. The van der Waals surface area contributed by atoms with Crippen molar-refractivity contribution in [3.8, 4) is 0 Å². The van der Waals surface area contributed by atoms with Gasteiger partial charge in [0.05, 0.1) is 5.56 Å². The van der Waals surface area contributed by atoms with Crippen LogP contribution in [0.1, 0.15) is 56.3 Å². The van der Waals surface area contributed by atoms with Gasteiger partial charge in [0.1, 0.15) is 6.04 Å². The van der Waals surface area contributed by atoms with Crippen molar-refractivity contribution in [3.05, 3.63) is 34.3 Å². The molecule has 1 aliphatic rings. The van der Waals surface area contributed by atoms with E-state index in [0.29, 0.717) is 5.56 Å². The quantitative estimate of drug-likeness (QED) is 0.818. The van der Waals surface area contributed by atoms with E-state index in [4.69, 9.17) is 0 Å². The van der Waals surface area contributed by atoms with E-state index < -0.39 is 6.04 Å². The Morgan fingerprint density at radius 2 is 1.78 bits per heavy atom. The first kappa shape index (κ1) is 18.0. The van der Waals surface area contributed by atoms with E-state index in [1.165, 1.54) is 19.3 Å². The van der Waals surface area contributed by atoms with Crippen molar-refractivity contribution >= 4 is 27.7 Å². The first-order valence-electron chi connectivity index (χ1n) is 8.35. The number of hydrogen-bond donors (Lipinski definition) is 2. The van der Waals surface area contributed by atoms with Gasteiger partial charge in [-0.05, 0) is 46.8 Å². The number of halogens is 1. The van der Waals surface area contributed by atoms with Crippen molar-refractivity contribution < 1.29 is 9.59 Å². The second kappa shape index (κ2) is 8.48. The number of nitrogens with one attached hydrogen (secondary N) is 2. The standard InChI is InChI=1S/C18H25BrN2O2/c1-12(2)16(18(23)20-13-8-4-3-5-9-13)21-17(22)14-10-6-7-11-15(14)19/h6-7,10-13,16H,3-5,8-9H2,1-2H3,(H,20,23)(H,21,22)/t16-/m1/s1.